The van der Waals surface area contributed by atoms with Crippen molar-refractivity contribution in [3.8, 4) is 0 Å². The molecule has 2 N–H and O–H groups in total. The highest BCUT2D eigenvalue weighted by atomic mass is 16.4. The first-order valence-electron chi connectivity index (χ1n) is 5.09. The van der Waals surface area contributed by atoms with E-state index >= 15 is 0 Å². The van der Waals surface area contributed by atoms with E-state index in [1.165, 1.54) is 12.8 Å². The molecule has 0 amide bonds. The van der Waals surface area contributed by atoms with Gasteiger partial charge in [-0.15, -0.1) is 0 Å². The van der Waals surface area contributed by atoms with Crippen LogP contribution < -0.4 is 5.73 Å². The second kappa shape index (κ2) is 3.71. The molecule has 1 aromatic heterocycles. The number of aromatic nitrogens is 1. The van der Waals surface area contributed by atoms with Gasteiger partial charge in [0.15, 0.2) is 0 Å². The maximum absolute atomic E-state index is 5.50. The van der Waals surface area contributed by atoms with Gasteiger partial charge in [-0.25, -0.2) is 4.98 Å². The van der Waals surface area contributed by atoms with Crippen LogP contribution in [0.4, 0.5) is 0 Å². The first-order chi connectivity index (χ1) is 6.72. The molecule has 78 valence electrons. The van der Waals surface area contributed by atoms with Gasteiger partial charge < -0.3 is 10.2 Å². The fraction of sp³-hybridized carbons (Fsp3) is 0.700. The minimum atomic E-state index is 0.386. The zero-order valence-electron chi connectivity index (χ0n) is 8.79. The van der Waals surface area contributed by atoms with Crippen molar-refractivity contribution in [3.05, 3.63) is 17.3 Å². The lowest BCUT2D eigenvalue weighted by molar-refractivity contribution is 0.309. The second-order valence-corrected chi connectivity index (χ2v) is 3.89. The number of nitrogens with zero attached hydrogens (tertiary/aromatic N) is 2. The average molecular weight is 195 g/mol. The molecular formula is C10H17N3O. The van der Waals surface area contributed by atoms with Crippen LogP contribution in [0.1, 0.15) is 36.2 Å². The van der Waals surface area contributed by atoms with E-state index in [0.717, 1.165) is 18.0 Å². The molecule has 0 spiro atoms. The molecule has 0 aliphatic carbocycles. The van der Waals surface area contributed by atoms with Crippen LogP contribution in [0.15, 0.2) is 4.42 Å². The van der Waals surface area contributed by atoms with E-state index in [-0.39, 0.29) is 0 Å². The molecule has 0 bridgehead atoms. The van der Waals surface area contributed by atoms with E-state index in [2.05, 4.69) is 16.9 Å². The number of nitrogens with two attached hydrogens (primary N) is 1. The summed E-state index contributed by atoms with van der Waals surface area (Å²) in [6, 6.07) is 0.430. The predicted octanol–water partition coefficient (Wildman–Crippen LogP) is 1.21. The number of rotatable bonds is 2. The molecule has 4 nitrogen and oxygen atoms in total. The van der Waals surface area contributed by atoms with Crippen molar-refractivity contribution in [2.75, 3.05) is 13.6 Å². The van der Waals surface area contributed by atoms with Crippen LogP contribution >= 0.6 is 0 Å². The molecule has 1 atom stereocenters. The predicted molar refractivity (Wildman–Crippen MR) is 53.7 cm³/mol. The lowest BCUT2D eigenvalue weighted by Gasteiger charge is -2.17. The van der Waals surface area contributed by atoms with Gasteiger partial charge in [0, 0.05) is 0 Å². The monoisotopic (exact) mass is 195 g/mol. The summed E-state index contributed by atoms with van der Waals surface area (Å²) in [4.78, 5) is 6.75. The van der Waals surface area contributed by atoms with Gasteiger partial charge in [0.2, 0.25) is 5.89 Å². The van der Waals surface area contributed by atoms with Gasteiger partial charge in [0.1, 0.15) is 5.76 Å². The Morgan fingerprint density at radius 2 is 2.43 bits per heavy atom. The van der Waals surface area contributed by atoms with Crippen molar-refractivity contribution in [1.82, 2.24) is 9.88 Å². The lowest BCUT2D eigenvalue weighted by atomic mass is 10.1. The van der Waals surface area contributed by atoms with Gasteiger partial charge in [-0.1, -0.05) is 0 Å². The first kappa shape index (κ1) is 9.68. The van der Waals surface area contributed by atoms with Crippen molar-refractivity contribution in [1.29, 1.82) is 0 Å². The van der Waals surface area contributed by atoms with E-state index in [0.29, 0.717) is 18.5 Å². The highest BCUT2D eigenvalue weighted by molar-refractivity contribution is 5.14. The summed E-state index contributed by atoms with van der Waals surface area (Å²) in [5, 5.41) is 0. The fourth-order valence-corrected chi connectivity index (χ4v) is 2.12. The Labute approximate surface area is 84.1 Å². The van der Waals surface area contributed by atoms with Crippen LogP contribution in [0.3, 0.4) is 0 Å². The summed E-state index contributed by atoms with van der Waals surface area (Å²) in [5.74, 6) is 1.57. The number of hydrogen-bond acceptors (Lipinski definition) is 4. The molecule has 14 heavy (non-hydrogen) atoms. The van der Waals surface area contributed by atoms with E-state index < -0.39 is 0 Å². The quantitative estimate of drug-likeness (QED) is 0.770. The number of hydrogen-bond donors (Lipinski definition) is 1. The third-order valence-electron chi connectivity index (χ3n) is 2.89. The van der Waals surface area contributed by atoms with E-state index in [1.54, 1.807) is 0 Å². The maximum Gasteiger partial charge on any atom is 0.208 e. The second-order valence-electron chi connectivity index (χ2n) is 3.89. The van der Waals surface area contributed by atoms with Crippen LogP contribution in [-0.2, 0) is 6.54 Å². The van der Waals surface area contributed by atoms with Crippen molar-refractivity contribution < 1.29 is 4.42 Å². The van der Waals surface area contributed by atoms with Crippen molar-refractivity contribution in [3.63, 3.8) is 0 Å². The van der Waals surface area contributed by atoms with Gasteiger partial charge in [0.05, 0.1) is 18.3 Å². The summed E-state index contributed by atoms with van der Waals surface area (Å²) < 4.78 is 5.46. The summed E-state index contributed by atoms with van der Waals surface area (Å²) >= 11 is 0. The van der Waals surface area contributed by atoms with Gasteiger partial charge >= 0.3 is 0 Å². The van der Waals surface area contributed by atoms with Crippen molar-refractivity contribution in [2.24, 2.45) is 5.73 Å². The standard InChI is InChI=1S/C10H17N3O/c1-7-10(12-9(6-11)14-7)8-4-3-5-13(8)2/h8H,3-6,11H2,1-2H3. The van der Waals surface area contributed by atoms with Crippen LogP contribution in [-0.4, -0.2) is 23.5 Å². The smallest absolute Gasteiger partial charge is 0.208 e. The van der Waals surface area contributed by atoms with Crippen molar-refractivity contribution in [2.45, 2.75) is 32.4 Å². The third-order valence-corrected chi connectivity index (χ3v) is 2.89. The molecule has 0 aromatic carbocycles. The zero-order valence-corrected chi connectivity index (χ0v) is 8.79. The molecule has 2 heterocycles. The van der Waals surface area contributed by atoms with Crippen LogP contribution in [0, 0.1) is 6.92 Å². The van der Waals surface area contributed by atoms with Crippen LogP contribution in [0.5, 0.6) is 0 Å². The largest absolute Gasteiger partial charge is 0.444 e. The van der Waals surface area contributed by atoms with E-state index in [9.17, 15) is 0 Å². The summed E-state index contributed by atoms with van der Waals surface area (Å²) in [7, 11) is 2.13. The molecule has 1 aromatic rings. The molecule has 1 fully saturated rings. The summed E-state index contributed by atoms with van der Waals surface area (Å²) in [6.45, 7) is 3.50. The minimum Gasteiger partial charge on any atom is -0.444 e. The molecule has 0 saturated carbocycles. The van der Waals surface area contributed by atoms with E-state index in [4.69, 9.17) is 10.2 Å². The van der Waals surface area contributed by atoms with Crippen LogP contribution in [0.2, 0.25) is 0 Å². The molecule has 2 rings (SSSR count). The molecule has 1 unspecified atom stereocenters. The van der Waals surface area contributed by atoms with Crippen molar-refractivity contribution >= 4 is 0 Å². The normalized spacial score (nSPS) is 23.2. The number of oxazole rings is 1. The number of aryl methyl sites for hydroxylation is 1. The van der Waals surface area contributed by atoms with Crippen LogP contribution in [0.25, 0.3) is 0 Å². The molecule has 1 aliphatic rings. The molecule has 1 aliphatic heterocycles. The van der Waals surface area contributed by atoms with Gasteiger partial charge in [-0.3, -0.25) is 4.90 Å². The number of likely N-dealkylation sites (tertiary alicyclic amines) is 1. The van der Waals surface area contributed by atoms with E-state index in [1.807, 2.05) is 6.92 Å². The lowest BCUT2D eigenvalue weighted by Crippen LogP contribution is -2.18. The van der Waals surface area contributed by atoms with Gasteiger partial charge in [-0.05, 0) is 33.4 Å². The Morgan fingerprint density at radius 3 is 2.93 bits per heavy atom. The third kappa shape index (κ3) is 1.55. The Morgan fingerprint density at radius 1 is 1.64 bits per heavy atom. The molecule has 4 heteroatoms. The Kier molecular flexibility index (Phi) is 2.56. The average Bonchev–Trinajstić information content (AvgIpc) is 2.72. The maximum atomic E-state index is 5.50. The topological polar surface area (TPSA) is 55.3 Å². The minimum absolute atomic E-state index is 0.386. The zero-order chi connectivity index (χ0) is 10.1. The van der Waals surface area contributed by atoms with Gasteiger partial charge in [-0.2, -0.15) is 0 Å². The molecular weight excluding hydrogens is 178 g/mol. The Hall–Kier alpha value is -0.870. The molecule has 1 saturated heterocycles. The summed E-state index contributed by atoms with van der Waals surface area (Å²) in [6.07, 6.45) is 2.42. The Balaban J connectivity index is 2.26. The molecule has 0 radical (unpaired) electrons. The Bertz CT molecular complexity index is 321. The first-order valence-corrected chi connectivity index (χ1v) is 5.09. The SMILES string of the molecule is Cc1oc(CN)nc1C1CCCN1C. The summed E-state index contributed by atoms with van der Waals surface area (Å²) in [5.41, 5.74) is 6.57. The van der Waals surface area contributed by atoms with Gasteiger partial charge in [0.25, 0.3) is 0 Å². The highest BCUT2D eigenvalue weighted by Gasteiger charge is 2.27. The fourth-order valence-electron chi connectivity index (χ4n) is 2.12. The highest BCUT2D eigenvalue weighted by Crippen LogP contribution is 2.31.